The van der Waals surface area contributed by atoms with Crippen LogP contribution in [0.1, 0.15) is 25.5 Å². The van der Waals surface area contributed by atoms with Gasteiger partial charge in [0.15, 0.2) is 9.84 Å². The molecule has 1 aliphatic carbocycles. The van der Waals surface area contributed by atoms with Crippen LogP contribution in [0.15, 0.2) is 6.07 Å². The van der Waals surface area contributed by atoms with Crippen molar-refractivity contribution in [2.24, 2.45) is 0 Å². The van der Waals surface area contributed by atoms with Crippen molar-refractivity contribution in [1.82, 2.24) is 9.97 Å². The van der Waals surface area contributed by atoms with E-state index in [1.807, 2.05) is 11.8 Å². The lowest BCUT2D eigenvalue weighted by molar-refractivity contribution is -0.134. The molecule has 3 rings (SSSR count). The highest BCUT2D eigenvalue weighted by Crippen LogP contribution is 2.53. The maximum atomic E-state index is 12.5. The molecule has 0 aromatic carbocycles. The third-order valence-electron chi connectivity index (χ3n) is 4.43. The quantitative estimate of drug-likeness (QED) is 0.754. The van der Waals surface area contributed by atoms with Gasteiger partial charge in [0.2, 0.25) is 5.28 Å². The third kappa shape index (κ3) is 3.07. The van der Waals surface area contributed by atoms with E-state index in [4.69, 9.17) is 21.4 Å². The number of carbonyl (C=O) groups is 1. The minimum absolute atomic E-state index is 0.0435. The predicted molar refractivity (Wildman–Crippen MR) is 87.0 cm³/mol. The van der Waals surface area contributed by atoms with Crippen LogP contribution in [0.3, 0.4) is 0 Å². The molecule has 2 aliphatic rings. The van der Waals surface area contributed by atoms with Gasteiger partial charge in [-0.2, -0.15) is 0 Å². The van der Waals surface area contributed by atoms with Crippen LogP contribution in [0.25, 0.3) is 0 Å². The van der Waals surface area contributed by atoms with Crippen LogP contribution in [0.2, 0.25) is 5.28 Å². The number of ether oxygens (including phenoxy) is 1. The van der Waals surface area contributed by atoms with Crippen molar-refractivity contribution in [2.75, 3.05) is 30.4 Å². The zero-order valence-electron chi connectivity index (χ0n) is 13.1. The van der Waals surface area contributed by atoms with Gasteiger partial charge in [0.25, 0.3) is 0 Å². The van der Waals surface area contributed by atoms with E-state index >= 15 is 0 Å². The molecule has 1 aromatic heterocycles. The van der Waals surface area contributed by atoms with Crippen LogP contribution in [-0.4, -0.2) is 61.0 Å². The summed E-state index contributed by atoms with van der Waals surface area (Å²) in [5.74, 6) is -1.75. The molecular weight excluding hydrogens is 358 g/mol. The van der Waals surface area contributed by atoms with E-state index in [0.717, 1.165) is 0 Å². The fourth-order valence-corrected chi connectivity index (χ4v) is 4.92. The van der Waals surface area contributed by atoms with Gasteiger partial charge in [0.05, 0.1) is 24.9 Å². The largest absolute Gasteiger partial charge is 0.480 e. The molecule has 0 amide bonds. The van der Waals surface area contributed by atoms with Crippen molar-refractivity contribution in [3.8, 4) is 0 Å². The molecule has 2 heterocycles. The predicted octanol–water partition coefficient (Wildman–Crippen LogP) is 0.844. The first kappa shape index (κ1) is 17.4. The second-order valence-corrected chi connectivity index (χ2v) is 8.78. The number of nitrogens with zero attached hydrogens (tertiary/aromatic N) is 3. The maximum Gasteiger partial charge on any atom is 0.318 e. The van der Waals surface area contributed by atoms with Crippen molar-refractivity contribution >= 4 is 33.2 Å². The number of aliphatic carboxylic acids is 1. The van der Waals surface area contributed by atoms with E-state index in [0.29, 0.717) is 38.4 Å². The number of rotatable bonds is 5. The van der Waals surface area contributed by atoms with Gasteiger partial charge in [-0.05, 0) is 31.4 Å². The summed E-state index contributed by atoms with van der Waals surface area (Å²) >= 11 is 6.02. The Bertz CT molecular complexity index is 766. The number of carboxylic acids is 1. The molecule has 1 aromatic rings. The number of hydrogen-bond acceptors (Lipinski definition) is 7. The van der Waals surface area contributed by atoms with Crippen molar-refractivity contribution in [3.05, 3.63) is 17.0 Å². The van der Waals surface area contributed by atoms with E-state index in [1.54, 1.807) is 6.07 Å². The number of halogens is 1. The fraction of sp³-hybridized carbons (Fsp3) is 0.643. The summed E-state index contributed by atoms with van der Waals surface area (Å²) in [5.41, 5.74) is 0.275. The molecule has 132 valence electrons. The van der Waals surface area contributed by atoms with E-state index < -0.39 is 26.3 Å². The summed E-state index contributed by atoms with van der Waals surface area (Å²) < 4.78 is 29.1. The average molecular weight is 376 g/mol. The number of hydrogen-bond donors (Lipinski definition) is 1. The van der Waals surface area contributed by atoms with Crippen LogP contribution in [0, 0.1) is 0 Å². The van der Waals surface area contributed by atoms with Crippen LogP contribution in [0.5, 0.6) is 0 Å². The first-order chi connectivity index (χ1) is 11.2. The molecule has 2 fully saturated rings. The zero-order valence-corrected chi connectivity index (χ0v) is 14.7. The molecule has 10 heteroatoms. The lowest BCUT2D eigenvalue weighted by Gasteiger charge is -2.34. The summed E-state index contributed by atoms with van der Waals surface area (Å²) in [6.07, 6.45) is 0.683. The van der Waals surface area contributed by atoms with E-state index in [9.17, 15) is 13.2 Å². The zero-order chi connectivity index (χ0) is 17.5. The van der Waals surface area contributed by atoms with Crippen LogP contribution < -0.4 is 4.90 Å². The van der Waals surface area contributed by atoms with Crippen LogP contribution >= 0.6 is 11.6 Å². The molecule has 0 radical (unpaired) electrons. The highest BCUT2D eigenvalue weighted by atomic mass is 35.5. The molecule has 0 spiro atoms. The summed E-state index contributed by atoms with van der Waals surface area (Å²) in [5, 5.41) is 8.83. The van der Waals surface area contributed by atoms with Gasteiger partial charge in [-0.1, -0.05) is 0 Å². The minimum atomic E-state index is -3.87. The van der Waals surface area contributed by atoms with E-state index in [2.05, 4.69) is 9.97 Å². The Kier molecular flexibility index (Phi) is 4.43. The molecule has 1 N–H and O–H groups in total. The second kappa shape index (κ2) is 6.12. The Morgan fingerprint density at radius 1 is 1.50 bits per heavy atom. The SMILES string of the molecule is C[C@H]1COCCN1c1cc(C2(S(=O)(=O)CC(=O)O)CC2)nc(Cl)n1. The minimum Gasteiger partial charge on any atom is -0.480 e. The van der Waals surface area contributed by atoms with Gasteiger partial charge in [0.1, 0.15) is 16.3 Å². The molecule has 24 heavy (non-hydrogen) atoms. The van der Waals surface area contributed by atoms with Gasteiger partial charge in [-0.15, -0.1) is 0 Å². The third-order valence-corrected chi connectivity index (χ3v) is 7.03. The summed E-state index contributed by atoms with van der Waals surface area (Å²) in [6.45, 7) is 3.68. The maximum absolute atomic E-state index is 12.5. The van der Waals surface area contributed by atoms with Gasteiger partial charge in [-0.3, -0.25) is 4.79 Å². The van der Waals surface area contributed by atoms with Gasteiger partial charge in [-0.25, -0.2) is 18.4 Å². The second-order valence-electron chi connectivity index (χ2n) is 6.14. The number of carboxylic acid groups (broad SMARTS) is 1. The number of morpholine rings is 1. The van der Waals surface area contributed by atoms with Crippen molar-refractivity contribution < 1.29 is 23.1 Å². The fourth-order valence-electron chi connectivity index (χ4n) is 2.99. The molecule has 1 aliphatic heterocycles. The molecule has 1 saturated heterocycles. The lowest BCUT2D eigenvalue weighted by Crippen LogP contribution is -2.44. The van der Waals surface area contributed by atoms with E-state index in [1.165, 1.54) is 0 Å². The molecular formula is C14H18ClN3O5S. The van der Waals surface area contributed by atoms with Gasteiger partial charge in [0, 0.05) is 12.6 Å². The summed E-state index contributed by atoms with van der Waals surface area (Å²) in [6, 6.07) is 1.68. The first-order valence-corrected chi connectivity index (χ1v) is 9.62. The van der Waals surface area contributed by atoms with Crippen LogP contribution in [-0.2, 0) is 24.1 Å². The van der Waals surface area contributed by atoms with Gasteiger partial charge < -0.3 is 14.7 Å². The number of anilines is 1. The molecule has 0 unspecified atom stereocenters. The van der Waals surface area contributed by atoms with Crippen molar-refractivity contribution in [1.29, 1.82) is 0 Å². The Morgan fingerprint density at radius 3 is 2.79 bits per heavy atom. The van der Waals surface area contributed by atoms with Gasteiger partial charge >= 0.3 is 5.97 Å². The van der Waals surface area contributed by atoms with E-state index in [-0.39, 0.29) is 17.0 Å². The lowest BCUT2D eigenvalue weighted by atomic mass is 10.2. The smallest absolute Gasteiger partial charge is 0.318 e. The molecule has 8 nitrogen and oxygen atoms in total. The monoisotopic (exact) mass is 375 g/mol. The Hall–Kier alpha value is -1.45. The Labute approximate surface area is 144 Å². The van der Waals surface area contributed by atoms with Crippen molar-refractivity contribution in [3.63, 3.8) is 0 Å². The average Bonchev–Trinajstić information content (AvgIpc) is 3.27. The Morgan fingerprint density at radius 2 is 2.21 bits per heavy atom. The topological polar surface area (TPSA) is 110 Å². The van der Waals surface area contributed by atoms with Crippen LogP contribution in [0.4, 0.5) is 5.82 Å². The highest BCUT2D eigenvalue weighted by molar-refractivity contribution is 7.93. The normalized spacial score (nSPS) is 23.1. The number of aromatic nitrogens is 2. The standard InChI is InChI=1S/C14H18ClN3O5S/c1-9-7-23-5-4-18(9)11-6-10(16-13(15)17-11)14(2-3-14)24(21,22)8-12(19)20/h6,9H,2-5,7-8H2,1H3,(H,19,20)/t9-/m0/s1. The molecule has 1 atom stereocenters. The Balaban J connectivity index is 1.99. The molecule has 0 bridgehead atoms. The van der Waals surface area contributed by atoms with Crippen molar-refractivity contribution in [2.45, 2.75) is 30.6 Å². The number of sulfone groups is 1. The molecule has 1 saturated carbocycles. The highest BCUT2D eigenvalue weighted by Gasteiger charge is 2.57. The first-order valence-electron chi connectivity index (χ1n) is 7.59. The summed E-state index contributed by atoms with van der Waals surface area (Å²) in [7, 11) is -3.87. The summed E-state index contributed by atoms with van der Waals surface area (Å²) in [4.78, 5) is 21.2.